The third kappa shape index (κ3) is 3.05. The number of pyridine rings is 1. The molecule has 3 heteroatoms. The lowest BCUT2D eigenvalue weighted by atomic mass is 10.1. The number of nitrogens with zero attached hydrogens (tertiary/aromatic N) is 1. The summed E-state index contributed by atoms with van der Waals surface area (Å²) in [6.07, 6.45) is 5.12. The molecule has 0 unspecified atom stereocenters. The van der Waals surface area contributed by atoms with E-state index in [1.54, 1.807) is 0 Å². The van der Waals surface area contributed by atoms with Gasteiger partial charge in [-0.25, -0.2) is 4.98 Å². The molecule has 2 aromatic rings. The Labute approximate surface area is 106 Å². The molecule has 88 valence electrons. The predicted molar refractivity (Wildman–Crippen MR) is 74.3 cm³/mol. The van der Waals surface area contributed by atoms with Gasteiger partial charge in [0.1, 0.15) is 5.15 Å². The van der Waals surface area contributed by atoms with Crippen molar-refractivity contribution in [2.75, 3.05) is 13.6 Å². The van der Waals surface area contributed by atoms with Crippen LogP contribution in [0.1, 0.15) is 12.0 Å². The van der Waals surface area contributed by atoms with Crippen molar-refractivity contribution in [2.24, 2.45) is 0 Å². The summed E-state index contributed by atoms with van der Waals surface area (Å²) in [4.78, 5) is 4.37. The molecule has 0 bridgehead atoms. The van der Waals surface area contributed by atoms with Crippen LogP contribution in [0.5, 0.6) is 0 Å². The molecule has 17 heavy (non-hydrogen) atoms. The number of hydrogen-bond acceptors (Lipinski definition) is 2. The summed E-state index contributed by atoms with van der Waals surface area (Å²) in [5.41, 5.74) is 1.91. The number of nitrogens with one attached hydrogen (secondary N) is 1. The Morgan fingerprint density at radius 3 is 3.00 bits per heavy atom. The Balaban J connectivity index is 2.28. The average molecular weight is 247 g/mol. The predicted octanol–water partition coefficient (Wildman–Crippen LogP) is 3.51. The zero-order valence-corrected chi connectivity index (χ0v) is 10.5. The van der Waals surface area contributed by atoms with E-state index in [0.29, 0.717) is 5.15 Å². The zero-order valence-electron chi connectivity index (χ0n) is 9.78. The molecule has 1 aromatic heterocycles. The van der Waals surface area contributed by atoms with E-state index in [0.717, 1.165) is 29.4 Å². The van der Waals surface area contributed by atoms with Crippen molar-refractivity contribution in [3.8, 4) is 0 Å². The van der Waals surface area contributed by atoms with E-state index in [4.69, 9.17) is 11.6 Å². The highest BCUT2D eigenvalue weighted by Crippen LogP contribution is 2.21. The fraction of sp³-hybridized carbons (Fsp3) is 0.214. The molecular formula is C14H15ClN2. The van der Waals surface area contributed by atoms with Crippen LogP contribution in [0.4, 0.5) is 0 Å². The summed E-state index contributed by atoms with van der Waals surface area (Å²) in [5, 5.41) is 4.77. The second-order valence-electron chi connectivity index (χ2n) is 3.86. The van der Waals surface area contributed by atoms with Gasteiger partial charge in [0, 0.05) is 10.9 Å². The lowest BCUT2D eigenvalue weighted by Gasteiger charge is -2.01. The Bertz CT molecular complexity index is 535. The first kappa shape index (κ1) is 12.1. The van der Waals surface area contributed by atoms with Crippen LogP contribution >= 0.6 is 11.6 Å². The summed E-state index contributed by atoms with van der Waals surface area (Å²) >= 11 is 6.14. The quantitative estimate of drug-likeness (QED) is 0.660. The molecule has 0 fully saturated rings. The highest BCUT2D eigenvalue weighted by molar-refractivity contribution is 6.31. The normalized spacial score (nSPS) is 11.4. The third-order valence-electron chi connectivity index (χ3n) is 2.56. The average Bonchev–Trinajstić information content (AvgIpc) is 2.35. The van der Waals surface area contributed by atoms with E-state index >= 15 is 0 Å². The van der Waals surface area contributed by atoms with Crippen LogP contribution in [0.3, 0.4) is 0 Å². The summed E-state index contributed by atoms with van der Waals surface area (Å²) in [5.74, 6) is 0. The van der Waals surface area contributed by atoms with E-state index in [2.05, 4.69) is 22.4 Å². The molecule has 0 spiro atoms. The van der Waals surface area contributed by atoms with Crippen molar-refractivity contribution in [2.45, 2.75) is 6.42 Å². The molecule has 0 radical (unpaired) electrons. The number of aromatic nitrogens is 1. The van der Waals surface area contributed by atoms with Gasteiger partial charge in [-0.1, -0.05) is 42.0 Å². The number of benzene rings is 1. The van der Waals surface area contributed by atoms with Gasteiger partial charge in [0.2, 0.25) is 0 Å². The van der Waals surface area contributed by atoms with Gasteiger partial charge >= 0.3 is 0 Å². The van der Waals surface area contributed by atoms with Gasteiger partial charge in [0.25, 0.3) is 0 Å². The van der Waals surface area contributed by atoms with E-state index in [-0.39, 0.29) is 0 Å². The fourth-order valence-electron chi connectivity index (χ4n) is 1.66. The zero-order chi connectivity index (χ0) is 12.1. The Morgan fingerprint density at radius 1 is 1.35 bits per heavy atom. The first-order chi connectivity index (χ1) is 8.31. The van der Waals surface area contributed by atoms with Crippen LogP contribution in [0.25, 0.3) is 17.0 Å². The number of para-hydroxylation sites is 1. The van der Waals surface area contributed by atoms with Crippen LogP contribution in [0, 0.1) is 0 Å². The molecule has 0 aliphatic carbocycles. The lowest BCUT2D eigenvalue weighted by Crippen LogP contribution is -2.05. The lowest BCUT2D eigenvalue weighted by molar-refractivity contribution is 0.809. The van der Waals surface area contributed by atoms with Gasteiger partial charge in [-0.2, -0.15) is 0 Å². The standard InChI is InChI=1S/C14H15ClN2/c1-16-9-5-4-7-12-10-11-6-2-3-8-13(11)17-14(12)15/h2-4,6-8,10,16H,5,9H2,1H3. The van der Waals surface area contributed by atoms with E-state index in [1.165, 1.54) is 0 Å². The number of rotatable bonds is 4. The highest BCUT2D eigenvalue weighted by Gasteiger charge is 2.01. The van der Waals surface area contributed by atoms with Gasteiger partial charge < -0.3 is 5.32 Å². The van der Waals surface area contributed by atoms with Crippen LogP contribution in [0.15, 0.2) is 36.4 Å². The van der Waals surface area contributed by atoms with Gasteiger partial charge in [0.15, 0.2) is 0 Å². The second-order valence-corrected chi connectivity index (χ2v) is 4.21. The summed E-state index contributed by atoms with van der Waals surface area (Å²) in [6.45, 7) is 0.967. The Hall–Kier alpha value is -1.38. The minimum absolute atomic E-state index is 0.560. The second kappa shape index (κ2) is 5.80. The van der Waals surface area contributed by atoms with Crippen molar-refractivity contribution in [1.82, 2.24) is 10.3 Å². The van der Waals surface area contributed by atoms with Crippen molar-refractivity contribution < 1.29 is 0 Å². The van der Waals surface area contributed by atoms with Gasteiger partial charge in [-0.3, -0.25) is 0 Å². The molecule has 0 saturated carbocycles. The van der Waals surface area contributed by atoms with E-state index < -0.39 is 0 Å². The first-order valence-corrected chi connectivity index (χ1v) is 6.05. The number of halogens is 1. The van der Waals surface area contributed by atoms with Crippen LogP contribution in [-0.4, -0.2) is 18.6 Å². The minimum Gasteiger partial charge on any atom is -0.319 e. The highest BCUT2D eigenvalue weighted by atomic mass is 35.5. The molecular weight excluding hydrogens is 232 g/mol. The molecule has 0 amide bonds. The van der Waals surface area contributed by atoms with Crippen LogP contribution in [-0.2, 0) is 0 Å². The van der Waals surface area contributed by atoms with E-state index in [1.807, 2.05) is 37.4 Å². The number of fused-ring (bicyclic) bond motifs is 1. The molecule has 1 aromatic carbocycles. The maximum atomic E-state index is 6.14. The Morgan fingerprint density at radius 2 is 2.18 bits per heavy atom. The van der Waals surface area contributed by atoms with E-state index in [9.17, 15) is 0 Å². The molecule has 0 atom stereocenters. The largest absolute Gasteiger partial charge is 0.319 e. The van der Waals surface area contributed by atoms with Gasteiger partial charge in [-0.05, 0) is 32.1 Å². The fourth-order valence-corrected chi connectivity index (χ4v) is 1.87. The van der Waals surface area contributed by atoms with Gasteiger partial charge in [0.05, 0.1) is 5.52 Å². The third-order valence-corrected chi connectivity index (χ3v) is 2.87. The Kier molecular flexibility index (Phi) is 4.13. The van der Waals surface area contributed by atoms with Crippen molar-refractivity contribution in [3.05, 3.63) is 47.1 Å². The first-order valence-electron chi connectivity index (χ1n) is 5.67. The molecule has 2 nitrogen and oxygen atoms in total. The maximum Gasteiger partial charge on any atom is 0.136 e. The van der Waals surface area contributed by atoms with Crippen molar-refractivity contribution in [1.29, 1.82) is 0 Å². The molecule has 1 N–H and O–H groups in total. The topological polar surface area (TPSA) is 24.9 Å². The van der Waals surface area contributed by atoms with Crippen molar-refractivity contribution >= 4 is 28.6 Å². The smallest absolute Gasteiger partial charge is 0.136 e. The summed E-state index contributed by atoms with van der Waals surface area (Å²) in [6, 6.07) is 10.1. The van der Waals surface area contributed by atoms with Crippen LogP contribution in [0.2, 0.25) is 5.15 Å². The SMILES string of the molecule is CNCCC=Cc1cc2ccccc2nc1Cl. The molecule has 0 aliphatic rings. The summed E-state index contributed by atoms with van der Waals surface area (Å²) in [7, 11) is 1.94. The maximum absolute atomic E-state index is 6.14. The van der Waals surface area contributed by atoms with Gasteiger partial charge in [-0.15, -0.1) is 0 Å². The molecule has 2 rings (SSSR count). The van der Waals surface area contributed by atoms with Crippen molar-refractivity contribution in [3.63, 3.8) is 0 Å². The molecule has 0 aliphatic heterocycles. The molecule has 1 heterocycles. The van der Waals surface area contributed by atoms with Crippen LogP contribution < -0.4 is 5.32 Å². The summed E-state index contributed by atoms with van der Waals surface area (Å²) < 4.78 is 0. The minimum atomic E-state index is 0.560. The monoisotopic (exact) mass is 246 g/mol. The molecule has 0 saturated heterocycles. The number of hydrogen-bond donors (Lipinski definition) is 1.